The smallest absolute Gasteiger partial charge is 0.0371 e. The Morgan fingerprint density at radius 1 is 0.882 bits per heavy atom. The molecule has 2 saturated carbocycles. The molecule has 3 rings (SSSR count). The third-order valence-corrected chi connectivity index (χ3v) is 4.10. The van der Waals surface area contributed by atoms with Gasteiger partial charge in [0.05, 0.1) is 0 Å². The van der Waals surface area contributed by atoms with Crippen LogP contribution < -0.4 is 10.6 Å². The number of halogens is 1. The van der Waals surface area contributed by atoms with Gasteiger partial charge in [-0.2, -0.15) is 0 Å². The number of nitrogens with one attached hydrogen (secondary N) is 2. The Labute approximate surface area is 117 Å². The number of hydrogen-bond donors (Lipinski definition) is 2. The van der Waals surface area contributed by atoms with E-state index >= 15 is 0 Å². The summed E-state index contributed by atoms with van der Waals surface area (Å²) < 4.78 is 1.31. The fourth-order valence-corrected chi connectivity index (χ4v) is 2.63. The van der Waals surface area contributed by atoms with Crippen molar-refractivity contribution in [3.05, 3.63) is 21.8 Å². The molecule has 0 heterocycles. The zero-order valence-corrected chi connectivity index (χ0v) is 12.2. The van der Waals surface area contributed by atoms with Crippen molar-refractivity contribution in [2.45, 2.75) is 25.7 Å². The van der Waals surface area contributed by atoms with Gasteiger partial charge in [0.25, 0.3) is 0 Å². The average Bonchev–Trinajstić information content (AvgIpc) is 3.15. The van der Waals surface area contributed by atoms with Crippen LogP contribution >= 0.6 is 22.6 Å². The summed E-state index contributed by atoms with van der Waals surface area (Å²) in [6.45, 7) is 2.28. The predicted octanol–water partition coefficient (Wildman–Crippen LogP) is 3.94. The number of anilines is 2. The monoisotopic (exact) mass is 342 g/mol. The summed E-state index contributed by atoms with van der Waals surface area (Å²) in [5.41, 5.74) is 2.53. The molecule has 2 aliphatic rings. The van der Waals surface area contributed by atoms with Crippen molar-refractivity contribution in [3.63, 3.8) is 0 Å². The fraction of sp³-hybridized carbons (Fsp3) is 0.571. The zero-order valence-electron chi connectivity index (χ0n) is 10.0. The minimum absolute atomic E-state index is 0.927. The molecule has 0 amide bonds. The molecule has 1 aromatic rings. The van der Waals surface area contributed by atoms with Crippen molar-refractivity contribution in [1.82, 2.24) is 0 Å². The third kappa shape index (κ3) is 3.76. The highest BCUT2D eigenvalue weighted by Gasteiger charge is 2.21. The van der Waals surface area contributed by atoms with E-state index in [0.29, 0.717) is 0 Å². The Morgan fingerprint density at radius 3 is 1.76 bits per heavy atom. The van der Waals surface area contributed by atoms with E-state index in [1.807, 2.05) is 0 Å². The van der Waals surface area contributed by atoms with Gasteiger partial charge in [0.2, 0.25) is 0 Å². The van der Waals surface area contributed by atoms with E-state index < -0.39 is 0 Å². The second-order valence-electron chi connectivity index (χ2n) is 5.38. The summed E-state index contributed by atoms with van der Waals surface area (Å²) in [4.78, 5) is 0. The maximum Gasteiger partial charge on any atom is 0.0371 e. The molecule has 0 atom stereocenters. The summed E-state index contributed by atoms with van der Waals surface area (Å²) in [5.74, 6) is 1.85. The molecular formula is C14H19IN2. The molecule has 2 N–H and O–H groups in total. The first kappa shape index (κ1) is 11.6. The van der Waals surface area contributed by atoms with Crippen LogP contribution in [0.5, 0.6) is 0 Å². The van der Waals surface area contributed by atoms with Gasteiger partial charge in [-0.15, -0.1) is 0 Å². The van der Waals surface area contributed by atoms with Crippen LogP contribution in [0, 0.1) is 15.4 Å². The second-order valence-corrected chi connectivity index (χ2v) is 6.62. The van der Waals surface area contributed by atoms with E-state index in [1.54, 1.807) is 0 Å². The van der Waals surface area contributed by atoms with Crippen LogP contribution in [0.2, 0.25) is 0 Å². The van der Waals surface area contributed by atoms with E-state index in [1.165, 1.54) is 40.6 Å². The Morgan fingerprint density at radius 2 is 1.35 bits per heavy atom. The molecular weight excluding hydrogens is 323 g/mol. The number of hydrogen-bond acceptors (Lipinski definition) is 2. The molecule has 0 saturated heterocycles. The van der Waals surface area contributed by atoms with Gasteiger partial charge in [-0.25, -0.2) is 0 Å². The van der Waals surface area contributed by atoms with Crippen LogP contribution in [0.3, 0.4) is 0 Å². The number of rotatable bonds is 6. The molecule has 2 aliphatic carbocycles. The third-order valence-electron chi connectivity index (χ3n) is 3.48. The van der Waals surface area contributed by atoms with Crippen LogP contribution in [0.4, 0.5) is 11.4 Å². The van der Waals surface area contributed by atoms with Crippen molar-refractivity contribution in [2.75, 3.05) is 23.7 Å². The van der Waals surface area contributed by atoms with Crippen LogP contribution in [-0.2, 0) is 0 Å². The van der Waals surface area contributed by atoms with Crippen molar-refractivity contribution >= 4 is 34.0 Å². The van der Waals surface area contributed by atoms with E-state index in [0.717, 1.165) is 24.9 Å². The van der Waals surface area contributed by atoms with Gasteiger partial charge in [0, 0.05) is 28.0 Å². The zero-order chi connectivity index (χ0) is 11.7. The molecule has 0 radical (unpaired) electrons. The van der Waals surface area contributed by atoms with Crippen molar-refractivity contribution in [2.24, 2.45) is 11.8 Å². The van der Waals surface area contributed by atoms with Gasteiger partial charge in [0.15, 0.2) is 0 Å². The highest BCUT2D eigenvalue weighted by Crippen LogP contribution is 2.31. The minimum atomic E-state index is 0.927. The van der Waals surface area contributed by atoms with E-state index in [4.69, 9.17) is 0 Å². The summed E-state index contributed by atoms with van der Waals surface area (Å²) in [6, 6.07) is 6.70. The lowest BCUT2D eigenvalue weighted by atomic mass is 10.2. The Balaban J connectivity index is 1.60. The van der Waals surface area contributed by atoms with Gasteiger partial charge in [-0.3, -0.25) is 0 Å². The topological polar surface area (TPSA) is 24.1 Å². The summed E-state index contributed by atoms with van der Waals surface area (Å²) in [5, 5.41) is 7.09. The maximum atomic E-state index is 3.55. The molecule has 17 heavy (non-hydrogen) atoms. The first-order valence-electron chi connectivity index (χ1n) is 6.58. The largest absolute Gasteiger partial charge is 0.385 e. The highest BCUT2D eigenvalue weighted by atomic mass is 127. The summed E-state index contributed by atoms with van der Waals surface area (Å²) in [6.07, 6.45) is 5.63. The summed E-state index contributed by atoms with van der Waals surface area (Å²) in [7, 11) is 0. The Bertz CT molecular complexity index is 363. The van der Waals surface area contributed by atoms with E-state index in [2.05, 4.69) is 51.4 Å². The Hall–Kier alpha value is -0.450. The van der Waals surface area contributed by atoms with E-state index in [9.17, 15) is 0 Å². The van der Waals surface area contributed by atoms with Gasteiger partial charge >= 0.3 is 0 Å². The number of benzene rings is 1. The van der Waals surface area contributed by atoms with Crippen LogP contribution in [0.15, 0.2) is 18.2 Å². The average molecular weight is 342 g/mol. The van der Waals surface area contributed by atoms with Gasteiger partial charge in [-0.05, 0) is 78.3 Å². The normalized spacial score (nSPS) is 19.1. The molecule has 2 fully saturated rings. The van der Waals surface area contributed by atoms with Crippen LogP contribution in [0.1, 0.15) is 25.7 Å². The maximum absolute atomic E-state index is 3.55. The molecule has 2 nitrogen and oxygen atoms in total. The second kappa shape index (κ2) is 5.04. The molecule has 0 aromatic heterocycles. The predicted molar refractivity (Wildman–Crippen MR) is 81.6 cm³/mol. The molecule has 0 spiro atoms. The molecule has 0 bridgehead atoms. The SMILES string of the molecule is Ic1cc(NCC2CC2)cc(NCC2CC2)c1. The molecule has 3 heteroatoms. The summed E-state index contributed by atoms with van der Waals surface area (Å²) >= 11 is 2.40. The Kier molecular flexibility index (Phi) is 3.45. The standard InChI is InChI=1S/C14H19IN2/c15-12-5-13(16-8-10-1-2-10)7-14(6-12)17-9-11-3-4-11/h5-7,10-11,16-17H,1-4,8-9H2. The lowest BCUT2D eigenvalue weighted by Crippen LogP contribution is -2.06. The molecule has 0 unspecified atom stereocenters. The quantitative estimate of drug-likeness (QED) is 0.766. The van der Waals surface area contributed by atoms with Crippen LogP contribution in [-0.4, -0.2) is 13.1 Å². The molecule has 1 aromatic carbocycles. The molecule has 92 valence electrons. The van der Waals surface area contributed by atoms with Crippen molar-refractivity contribution in [1.29, 1.82) is 0 Å². The lowest BCUT2D eigenvalue weighted by molar-refractivity contribution is 0.885. The fourth-order valence-electron chi connectivity index (χ4n) is 1.96. The van der Waals surface area contributed by atoms with Gasteiger partial charge in [0.1, 0.15) is 0 Å². The van der Waals surface area contributed by atoms with Crippen molar-refractivity contribution in [3.8, 4) is 0 Å². The minimum Gasteiger partial charge on any atom is -0.385 e. The first-order chi connectivity index (χ1) is 8.29. The van der Waals surface area contributed by atoms with Crippen molar-refractivity contribution < 1.29 is 0 Å². The first-order valence-corrected chi connectivity index (χ1v) is 7.66. The van der Waals surface area contributed by atoms with Gasteiger partial charge < -0.3 is 10.6 Å². The van der Waals surface area contributed by atoms with Crippen LogP contribution in [0.25, 0.3) is 0 Å². The van der Waals surface area contributed by atoms with Gasteiger partial charge in [-0.1, -0.05) is 0 Å². The highest BCUT2D eigenvalue weighted by molar-refractivity contribution is 14.1. The van der Waals surface area contributed by atoms with E-state index in [-0.39, 0.29) is 0 Å². The lowest BCUT2D eigenvalue weighted by Gasteiger charge is -2.11. The molecule has 0 aliphatic heterocycles.